The molecule has 0 aromatic heterocycles. The summed E-state index contributed by atoms with van der Waals surface area (Å²) in [5.74, 6) is -0.770. The summed E-state index contributed by atoms with van der Waals surface area (Å²) in [7, 11) is 5.50. The van der Waals surface area contributed by atoms with Gasteiger partial charge < -0.3 is 28.8 Å². The van der Waals surface area contributed by atoms with E-state index in [1.807, 2.05) is 0 Å². The summed E-state index contributed by atoms with van der Waals surface area (Å²) in [6, 6.07) is 8.14. The second-order valence-electron chi connectivity index (χ2n) is 6.47. The molecule has 2 aromatic carbocycles. The van der Waals surface area contributed by atoms with E-state index in [2.05, 4.69) is 4.74 Å². The molecule has 0 amide bonds. The summed E-state index contributed by atoms with van der Waals surface area (Å²) in [4.78, 5) is 24.1. The van der Waals surface area contributed by atoms with E-state index >= 15 is 0 Å². The number of hydrogen-bond donors (Lipinski definition) is 1. The van der Waals surface area contributed by atoms with Gasteiger partial charge in [-0.2, -0.15) is 0 Å². The fourth-order valence-electron chi connectivity index (χ4n) is 3.35. The third-order valence-corrected chi connectivity index (χ3v) is 4.81. The van der Waals surface area contributed by atoms with Crippen LogP contribution >= 0.6 is 0 Å². The number of benzene rings is 2. The molecule has 158 valence electrons. The molecule has 0 bridgehead atoms. The zero-order valence-corrected chi connectivity index (χ0v) is 17.0. The Morgan fingerprint density at radius 1 is 1.00 bits per heavy atom. The van der Waals surface area contributed by atoms with E-state index < -0.39 is 24.0 Å². The number of rotatable bonds is 6. The van der Waals surface area contributed by atoms with Crippen LogP contribution in [0.4, 0.5) is 0 Å². The Bertz CT molecular complexity index is 995. The van der Waals surface area contributed by atoms with Crippen molar-refractivity contribution in [2.24, 2.45) is 0 Å². The summed E-state index contributed by atoms with van der Waals surface area (Å²) in [6.45, 7) is 0. The topological polar surface area (TPSA) is 101 Å². The van der Waals surface area contributed by atoms with Gasteiger partial charge in [0.25, 0.3) is 0 Å². The van der Waals surface area contributed by atoms with Crippen LogP contribution in [0, 0.1) is 0 Å². The second-order valence-corrected chi connectivity index (χ2v) is 6.47. The Balaban J connectivity index is 2.11. The molecule has 3 rings (SSSR count). The first-order chi connectivity index (χ1) is 14.4. The maximum absolute atomic E-state index is 12.7. The highest BCUT2D eigenvalue weighted by Crippen LogP contribution is 2.52. The highest BCUT2D eigenvalue weighted by molar-refractivity contribution is 5.88. The maximum atomic E-state index is 12.7. The van der Waals surface area contributed by atoms with Crippen molar-refractivity contribution in [3.8, 4) is 23.0 Å². The number of fused-ring (bicyclic) bond motifs is 1. The van der Waals surface area contributed by atoms with Crippen molar-refractivity contribution >= 4 is 18.0 Å². The van der Waals surface area contributed by atoms with E-state index in [0.29, 0.717) is 28.2 Å². The molecule has 0 radical (unpaired) electrons. The van der Waals surface area contributed by atoms with Crippen LogP contribution in [-0.4, -0.2) is 45.5 Å². The molecule has 2 atom stereocenters. The molecule has 8 nitrogen and oxygen atoms in total. The largest absolute Gasteiger partial charge is 0.504 e. The normalized spacial score (nSPS) is 17.2. The number of phenols is 1. The first-order valence-corrected chi connectivity index (χ1v) is 9.02. The van der Waals surface area contributed by atoms with Crippen LogP contribution in [-0.2, 0) is 19.1 Å². The highest BCUT2D eigenvalue weighted by Gasteiger charge is 2.43. The van der Waals surface area contributed by atoms with Gasteiger partial charge in [0.15, 0.2) is 23.0 Å². The van der Waals surface area contributed by atoms with E-state index in [9.17, 15) is 14.7 Å². The average Bonchev–Trinajstić information content (AvgIpc) is 3.16. The Labute approximate surface area is 173 Å². The number of methoxy groups -OCH3 is 4. The molecule has 0 spiro atoms. The number of hydrogen-bond acceptors (Lipinski definition) is 8. The highest BCUT2D eigenvalue weighted by atomic mass is 16.5. The van der Waals surface area contributed by atoms with Crippen LogP contribution in [0.3, 0.4) is 0 Å². The standard InChI is InChI=1S/C22H22O8/c1-26-16-11-13(6-7-15(16)23)20-19(22(25)29-4)14-9-12(5-8-18(24)28-3)10-17(27-2)21(14)30-20/h5-11,19-20,23H,1-4H3/b8-5+/t19-,20+/m1/s1. The molecule has 1 aliphatic rings. The predicted molar refractivity (Wildman–Crippen MR) is 107 cm³/mol. The fraction of sp³-hybridized carbons (Fsp3) is 0.273. The lowest BCUT2D eigenvalue weighted by molar-refractivity contribution is -0.144. The lowest BCUT2D eigenvalue weighted by Crippen LogP contribution is -2.20. The van der Waals surface area contributed by atoms with Crippen molar-refractivity contribution in [1.29, 1.82) is 0 Å². The number of esters is 2. The van der Waals surface area contributed by atoms with Gasteiger partial charge in [-0.1, -0.05) is 6.07 Å². The van der Waals surface area contributed by atoms with Crippen LogP contribution in [0.15, 0.2) is 36.4 Å². The molecule has 0 saturated carbocycles. The van der Waals surface area contributed by atoms with Gasteiger partial charge in [0.05, 0.1) is 28.4 Å². The van der Waals surface area contributed by atoms with Crippen LogP contribution in [0.1, 0.15) is 28.7 Å². The van der Waals surface area contributed by atoms with Crippen LogP contribution in [0.25, 0.3) is 6.08 Å². The second kappa shape index (κ2) is 8.77. The van der Waals surface area contributed by atoms with Gasteiger partial charge in [-0.3, -0.25) is 4.79 Å². The monoisotopic (exact) mass is 414 g/mol. The summed E-state index contributed by atoms with van der Waals surface area (Å²) in [5, 5.41) is 9.89. The van der Waals surface area contributed by atoms with Gasteiger partial charge in [-0.05, 0) is 41.5 Å². The molecule has 0 fully saturated rings. The Morgan fingerprint density at radius 3 is 2.37 bits per heavy atom. The lowest BCUT2D eigenvalue weighted by atomic mass is 9.90. The number of aromatic hydroxyl groups is 1. The van der Waals surface area contributed by atoms with Crippen molar-refractivity contribution < 1.29 is 38.4 Å². The SMILES string of the molecule is COC(=O)/C=C/c1cc(OC)c2c(c1)[C@@H](C(=O)OC)[C@H](c1ccc(O)c(OC)c1)O2. The van der Waals surface area contributed by atoms with Gasteiger partial charge in [-0.25, -0.2) is 4.79 Å². The molecule has 0 saturated heterocycles. The Morgan fingerprint density at radius 2 is 1.73 bits per heavy atom. The van der Waals surface area contributed by atoms with E-state index in [1.165, 1.54) is 40.6 Å². The van der Waals surface area contributed by atoms with Crippen molar-refractivity contribution in [3.63, 3.8) is 0 Å². The van der Waals surface area contributed by atoms with E-state index in [0.717, 1.165) is 0 Å². The molecular weight excluding hydrogens is 392 g/mol. The molecule has 1 heterocycles. The number of carbonyl (C=O) groups excluding carboxylic acids is 2. The van der Waals surface area contributed by atoms with E-state index in [4.69, 9.17) is 18.9 Å². The first-order valence-electron chi connectivity index (χ1n) is 9.02. The third-order valence-electron chi connectivity index (χ3n) is 4.81. The van der Waals surface area contributed by atoms with E-state index in [1.54, 1.807) is 30.3 Å². The average molecular weight is 414 g/mol. The van der Waals surface area contributed by atoms with Crippen LogP contribution in [0.5, 0.6) is 23.0 Å². The Kier molecular flexibility index (Phi) is 6.15. The minimum absolute atomic E-state index is 0.0285. The summed E-state index contributed by atoms with van der Waals surface area (Å²) in [5.41, 5.74) is 1.80. The van der Waals surface area contributed by atoms with Crippen molar-refractivity contribution in [1.82, 2.24) is 0 Å². The molecular formula is C22H22O8. The lowest BCUT2D eigenvalue weighted by Gasteiger charge is -2.18. The molecule has 0 aliphatic carbocycles. The summed E-state index contributed by atoms with van der Waals surface area (Å²) >= 11 is 0. The zero-order chi connectivity index (χ0) is 21.8. The van der Waals surface area contributed by atoms with Gasteiger partial charge >= 0.3 is 11.9 Å². The maximum Gasteiger partial charge on any atom is 0.330 e. The fourth-order valence-corrected chi connectivity index (χ4v) is 3.35. The van der Waals surface area contributed by atoms with Crippen molar-refractivity contribution in [2.75, 3.05) is 28.4 Å². The van der Waals surface area contributed by atoms with Gasteiger partial charge in [0.1, 0.15) is 12.0 Å². The van der Waals surface area contributed by atoms with Crippen LogP contribution < -0.4 is 14.2 Å². The van der Waals surface area contributed by atoms with Gasteiger partial charge in [0, 0.05) is 11.6 Å². The predicted octanol–water partition coefficient (Wildman–Crippen LogP) is 2.99. The first kappa shape index (κ1) is 21.0. The minimum atomic E-state index is -0.792. The van der Waals surface area contributed by atoms with Crippen molar-refractivity contribution in [3.05, 3.63) is 53.1 Å². The van der Waals surface area contributed by atoms with Crippen LogP contribution in [0.2, 0.25) is 0 Å². The number of carbonyl (C=O) groups is 2. The molecule has 0 unspecified atom stereocenters. The summed E-state index contributed by atoms with van der Waals surface area (Å²) in [6.07, 6.45) is 2.10. The van der Waals surface area contributed by atoms with Crippen molar-refractivity contribution in [2.45, 2.75) is 12.0 Å². The third kappa shape index (κ3) is 3.89. The smallest absolute Gasteiger partial charge is 0.330 e. The molecule has 1 N–H and O–H groups in total. The number of ether oxygens (including phenoxy) is 5. The van der Waals surface area contributed by atoms with Gasteiger partial charge in [0.2, 0.25) is 0 Å². The Hall–Kier alpha value is -3.68. The molecule has 2 aromatic rings. The van der Waals surface area contributed by atoms with Gasteiger partial charge in [-0.15, -0.1) is 0 Å². The number of phenolic OH excluding ortho intramolecular Hbond substituents is 1. The quantitative estimate of drug-likeness (QED) is 0.569. The molecule has 1 aliphatic heterocycles. The zero-order valence-electron chi connectivity index (χ0n) is 17.0. The summed E-state index contributed by atoms with van der Waals surface area (Å²) < 4.78 is 26.4. The van der Waals surface area contributed by atoms with E-state index in [-0.39, 0.29) is 11.5 Å². The molecule has 8 heteroatoms. The molecule has 30 heavy (non-hydrogen) atoms. The minimum Gasteiger partial charge on any atom is -0.504 e.